The molecule has 78 valence electrons. The molecular weight excluding hydrogens is 188 g/mol. The van der Waals surface area contributed by atoms with Gasteiger partial charge in [0, 0.05) is 18.3 Å². The van der Waals surface area contributed by atoms with Gasteiger partial charge in [-0.3, -0.25) is 0 Å². The Morgan fingerprint density at radius 3 is 2.67 bits per heavy atom. The predicted octanol–water partition coefficient (Wildman–Crippen LogP) is 1.97. The molecule has 0 amide bonds. The Bertz CT molecular complexity index is 442. The van der Waals surface area contributed by atoms with Crippen molar-refractivity contribution in [2.24, 2.45) is 0 Å². The molecule has 0 saturated heterocycles. The molecular formula is C11H14N4. The second-order valence-electron chi connectivity index (χ2n) is 3.75. The lowest BCUT2D eigenvalue weighted by Gasteiger charge is -2.09. The van der Waals surface area contributed by atoms with Crippen molar-refractivity contribution in [1.82, 2.24) is 14.5 Å². The Morgan fingerprint density at radius 1 is 1.27 bits per heavy atom. The number of anilines is 1. The fourth-order valence-electron chi connectivity index (χ4n) is 1.50. The fourth-order valence-corrected chi connectivity index (χ4v) is 1.50. The fraction of sp³-hybridized carbons (Fsp3) is 0.273. The van der Waals surface area contributed by atoms with E-state index in [-0.39, 0.29) is 0 Å². The topological polar surface area (TPSA) is 56.7 Å². The predicted molar refractivity (Wildman–Crippen MR) is 59.9 cm³/mol. The molecule has 2 heterocycles. The lowest BCUT2D eigenvalue weighted by atomic mass is 10.2. The summed E-state index contributed by atoms with van der Waals surface area (Å²) in [6, 6.07) is 3.73. The monoisotopic (exact) mass is 202 g/mol. The first-order valence-electron chi connectivity index (χ1n) is 4.93. The van der Waals surface area contributed by atoms with Crippen LogP contribution in [-0.2, 0) is 0 Å². The Labute approximate surface area is 88.8 Å². The summed E-state index contributed by atoms with van der Waals surface area (Å²) in [7, 11) is 0. The van der Waals surface area contributed by atoms with E-state index in [1.54, 1.807) is 18.5 Å². The molecule has 0 radical (unpaired) electrons. The minimum atomic E-state index is 0.387. The lowest BCUT2D eigenvalue weighted by Crippen LogP contribution is -2.03. The van der Waals surface area contributed by atoms with Crippen LogP contribution in [0, 0.1) is 0 Å². The molecule has 0 aromatic carbocycles. The zero-order chi connectivity index (χ0) is 10.8. The molecule has 0 bridgehead atoms. The smallest absolute Gasteiger partial charge is 0.123 e. The number of aromatic nitrogens is 3. The first-order chi connectivity index (χ1) is 7.18. The van der Waals surface area contributed by atoms with Crippen molar-refractivity contribution in [3.05, 3.63) is 36.5 Å². The number of nitrogens with zero attached hydrogens (tertiary/aromatic N) is 3. The van der Waals surface area contributed by atoms with Crippen molar-refractivity contribution in [3.8, 4) is 5.69 Å². The minimum Gasteiger partial charge on any atom is -0.384 e. The molecule has 0 unspecified atom stereocenters. The molecule has 0 saturated carbocycles. The molecule has 0 spiro atoms. The van der Waals surface area contributed by atoms with E-state index in [0.717, 1.165) is 11.5 Å². The summed E-state index contributed by atoms with van der Waals surface area (Å²) in [5.74, 6) is 1.95. The quantitative estimate of drug-likeness (QED) is 0.810. The van der Waals surface area contributed by atoms with E-state index < -0.39 is 0 Å². The van der Waals surface area contributed by atoms with Crippen molar-refractivity contribution in [3.63, 3.8) is 0 Å². The highest BCUT2D eigenvalue weighted by atomic mass is 15.1. The van der Waals surface area contributed by atoms with E-state index in [9.17, 15) is 0 Å². The van der Waals surface area contributed by atoms with Crippen molar-refractivity contribution < 1.29 is 0 Å². The van der Waals surface area contributed by atoms with Gasteiger partial charge in [-0.05, 0) is 12.1 Å². The SMILES string of the molecule is CC(C)c1nccn1-c1ccc(N)nc1. The highest BCUT2D eigenvalue weighted by Crippen LogP contribution is 2.17. The highest BCUT2D eigenvalue weighted by Gasteiger charge is 2.08. The second-order valence-corrected chi connectivity index (χ2v) is 3.75. The number of imidazole rings is 1. The van der Waals surface area contributed by atoms with Gasteiger partial charge in [0.05, 0.1) is 11.9 Å². The average molecular weight is 202 g/mol. The van der Waals surface area contributed by atoms with Crippen LogP contribution >= 0.6 is 0 Å². The molecule has 4 heteroatoms. The first-order valence-corrected chi connectivity index (χ1v) is 4.93. The summed E-state index contributed by atoms with van der Waals surface area (Å²) in [4.78, 5) is 8.38. The van der Waals surface area contributed by atoms with Crippen LogP contribution in [0.1, 0.15) is 25.6 Å². The molecule has 0 aliphatic carbocycles. The van der Waals surface area contributed by atoms with E-state index in [2.05, 4.69) is 23.8 Å². The number of hydrogen-bond acceptors (Lipinski definition) is 3. The molecule has 2 rings (SSSR count). The van der Waals surface area contributed by atoms with E-state index >= 15 is 0 Å². The third-order valence-electron chi connectivity index (χ3n) is 2.23. The van der Waals surface area contributed by atoms with Crippen LogP contribution in [0.5, 0.6) is 0 Å². The van der Waals surface area contributed by atoms with E-state index in [0.29, 0.717) is 11.7 Å². The van der Waals surface area contributed by atoms with Gasteiger partial charge in [0.15, 0.2) is 0 Å². The highest BCUT2D eigenvalue weighted by molar-refractivity contribution is 5.38. The van der Waals surface area contributed by atoms with Crippen LogP contribution in [-0.4, -0.2) is 14.5 Å². The summed E-state index contributed by atoms with van der Waals surface area (Å²) in [6.45, 7) is 4.23. The summed E-state index contributed by atoms with van der Waals surface area (Å²) >= 11 is 0. The van der Waals surface area contributed by atoms with Gasteiger partial charge in [0.25, 0.3) is 0 Å². The normalized spacial score (nSPS) is 10.9. The van der Waals surface area contributed by atoms with Gasteiger partial charge < -0.3 is 10.3 Å². The van der Waals surface area contributed by atoms with Crippen LogP contribution in [0.15, 0.2) is 30.7 Å². The first kappa shape index (κ1) is 9.71. The van der Waals surface area contributed by atoms with Crippen molar-refractivity contribution in [2.45, 2.75) is 19.8 Å². The van der Waals surface area contributed by atoms with Gasteiger partial charge >= 0.3 is 0 Å². The Kier molecular flexibility index (Phi) is 2.41. The minimum absolute atomic E-state index is 0.387. The molecule has 2 aromatic rings. The maximum atomic E-state index is 5.54. The maximum absolute atomic E-state index is 5.54. The van der Waals surface area contributed by atoms with Crippen LogP contribution < -0.4 is 5.73 Å². The van der Waals surface area contributed by atoms with Crippen LogP contribution in [0.4, 0.5) is 5.82 Å². The molecule has 0 aliphatic rings. The number of nitrogens with two attached hydrogens (primary N) is 1. The third kappa shape index (κ3) is 1.83. The molecule has 4 nitrogen and oxygen atoms in total. The summed E-state index contributed by atoms with van der Waals surface area (Å²) in [6.07, 6.45) is 5.48. The number of hydrogen-bond donors (Lipinski definition) is 1. The van der Waals surface area contributed by atoms with Gasteiger partial charge in [0.2, 0.25) is 0 Å². The van der Waals surface area contributed by atoms with Gasteiger partial charge in [-0.2, -0.15) is 0 Å². The Hall–Kier alpha value is -1.84. The van der Waals surface area contributed by atoms with E-state index in [1.165, 1.54) is 0 Å². The summed E-state index contributed by atoms with van der Waals surface area (Å²) < 4.78 is 2.02. The van der Waals surface area contributed by atoms with Gasteiger partial charge in [-0.25, -0.2) is 9.97 Å². The molecule has 0 atom stereocenters. The van der Waals surface area contributed by atoms with E-state index in [4.69, 9.17) is 5.73 Å². The van der Waals surface area contributed by atoms with Crippen LogP contribution in [0.3, 0.4) is 0 Å². The molecule has 15 heavy (non-hydrogen) atoms. The number of pyridine rings is 1. The largest absolute Gasteiger partial charge is 0.384 e. The van der Waals surface area contributed by atoms with Crippen LogP contribution in [0.25, 0.3) is 5.69 Å². The zero-order valence-corrected chi connectivity index (χ0v) is 8.88. The van der Waals surface area contributed by atoms with Crippen LogP contribution in [0.2, 0.25) is 0 Å². The molecule has 0 fully saturated rings. The Morgan fingerprint density at radius 2 is 2.07 bits per heavy atom. The summed E-state index contributed by atoms with van der Waals surface area (Å²) in [5.41, 5.74) is 6.53. The number of nitrogen functional groups attached to an aromatic ring is 1. The lowest BCUT2D eigenvalue weighted by molar-refractivity contribution is 0.751. The molecule has 2 aromatic heterocycles. The number of rotatable bonds is 2. The van der Waals surface area contributed by atoms with Gasteiger partial charge in [0.1, 0.15) is 11.6 Å². The van der Waals surface area contributed by atoms with Crippen molar-refractivity contribution >= 4 is 5.82 Å². The zero-order valence-electron chi connectivity index (χ0n) is 8.88. The van der Waals surface area contributed by atoms with Gasteiger partial charge in [-0.15, -0.1) is 0 Å². The standard InChI is InChI=1S/C11H14N4/c1-8(2)11-13-5-6-15(11)9-3-4-10(12)14-7-9/h3-8H,1-2H3,(H2,12,14). The van der Waals surface area contributed by atoms with Crippen molar-refractivity contribution in [2.75, 3.05) is 5.73 Å². The third-order valence-corrected chi connectivity index (χ3v) is 2.23. The Balaban J connectivity index is 2.45. The maximum Gasteiger partial charge on any atom is 0.123 e. The van der Waals surface area contributed by atoms with Crippen molar-refractivity contribution in [1.29, 1.82) is 0 Å². The van der Waals surface area contributed by atoms with Gasteiger partial charge in [-0.1, -0.05) is 13.8 Å². The molecule has 2 N–H and O–H groups in total. The molecule has 0 aliphatic heterocycles. The van der Waals surface area contributed by atoms with E-state index in [1.807, 2.05) is 16.8 Å². The second kappa shape index (κ2) is 3.73. The summed E-state index contributed by atoms with van der Waals surface area (Å²) in [5, 5.41) is 0. The average Bonchev–Trinajstić information content (AvgIpc) is 2.67.